The van der Waals surface area contributed by atoms with E-state index in [0.29, 0.717) is 18.9 Å². The molecule has 0 aromatic heterocycles. The molecule has 0 aliphatic rings. The number of allylic oxidation sites excluding steroid dienone is 1. The number of hydrogen-bond donors (Lipinski definition) is 0. The van der Waals surface area contributed by atoms with Crippen LogP contribution in [-0.4, -0.2) is 24.3 Å². The Labute approximate surface area is 112 Å². The second-order valence-corrected chi connectivity index (χ2v) is 5.69. The van der Waals surface area contributed by atoms with Crippen molar-refractivity contribution in [2.75, 3.05) is 6.61 Å². The first kappa shape index (κ1) is 17.2. The van der Waals surface area contributed by atoms with Crippen molar-refractivity contribution in [2.45, 2.75) is 66.6 Å². The summed E-state index contributed by atoms with van der Waals surface area (Å²) in [5.74, 6) is 0.325. The molecule has 0 heterocycles. The lowest BCUT2D eigenvalue weighted by molar-refractivity contribution is -0.155. The zero-order valence-electron chi connectivity index (χ0n) is 12.9. The molecule has 1 unspecified atom stereocenters. The highest BCUT2D eigenvalue weighted by atomic mass is 16.6. The molecular weight excluding hydrogens is 228 g/mol. The van der Waals surface area contributed by atoms with Crippen molar-refractivity contribution < 1.29 is 14.3 Å². The number of carbonyl (C=O) groups excluding carboxylic acids is 1. The number of ether oxygens (including phenoxy) is 2. The Morgan fingerprint density at radius 2 is 1.83 bits per heavy atom. The van der Waals surface area contributed by atoms with Gasteiger partial charge in [-0.1, -0.05) is 26.8 Å². The van der Waals surface area contributed by atoms with Gasteiger partial charge in [-0.25, -0.2) is 0 Å². The summed E-state index contributed by atoms with van der Waals surface area (Å²) in [6.45, 7) is 14.3. The van der Waals surface area contributed by atoms with Gasteiger partial charge in [-0.15, -0.1) is 0 Å². The highest BCUT2D eigenvalue weighted by Gasteiger charge is 2.24. The lowest BCUT2D eigenvalue weighted by atomic mass is 10.1. The Hall–Kier alpha value is -0.830. The van der Waals surface area contributed by atoms with Crippen LogP contribution in [0.15, 0.2) is 11.6 Å². The Kier molecular flexibility index (Phi) is 7.22. The van der Waals surface area contributed by atoms with Gasteiger partial charge in [-0.05, 0) is 39.2 Å². The predicted molar refractivity (Wildman–Crippen MR) is 74.5 cm³/mol. The largest absolute Gasteiger partial charge is 0.463 e. The van der Waals surface area contributed by atoms with Crippen LogP contribution in [0.1, 0.15) is 54.9 Å². The molecule has 3 nitrogen and oxygen atoms in total. The maximum atomic E-state index is 11.1. The van der Waals surface area contributed by atoms with E-state index in [4.69, 9.17) is 9.47 Å². The number of carbonyl (C=O) groups is 1. The smallest absolute Gasteiger partial charge is 0.305 e. The number of rotatable bonds is 7. The standard InChI is InChI=1S/C15H28O3/c1-8-14(16)17-10-15(6,7)18-13(5)12(4)9-11(2)3/h9,11,13H,8,10H2,1-7H3. The van der Waals surface area contributed by atoms with Gasteiger partial charge < -0.3 is 9.47 Å². The van der Waals surface area contributed by atoms with E-state index in [-0.39, 0.29) is 12.1 Å². The first-order valence-electron chi connectivity index (χ1n) is 6.69. The second kappa shape index (κ2) is 7.57. The molecule has 0 saturated carbocycles. The fraction of sp³-hybridized carbons (Fsp3) is 0.800. The molecule has 0 N–H and O–H groups in total. The zero-order valence-corrected chi connectivity index (χ0v) is 12.9. The molecule has 0 rings (SSSR count). The highest BCUT2D eigenvalue weighted by molar-refractivity contribution is 5.68. The fourth-order valence-electron chi connectivity index (χ4n) is 1.62. The molecule has 18 heavy (non-hydrogen) atoms. The third-order valence-electron chi connectivity index (χ3n) is 2.60. The van der Waals surface area contributed by atoms with E-state index < -0.39 is 5.60 Å². The van der Waals surface area contributed by atoms with Crippen molar-refractivity contribution in [3.05, 3.63) is 11.6 Å². The Bertz CT molecular complexity index is 290. The lowest BCUT2D eigenvalue weighted by Crippen LogP contribution is -2.35. The maximum absolute atomic E-state index is 11.1. The normalized spacial score (nSPS) is 14.8. The van der Waals surface area contributed by atoms with Crippen LogP contribution in [0.5, 0.6) is 0 Å². The number of hydrogen-bond acceptors (Lipinski definition) is 3. The quantitative estimate of drug-likeness (QED) is 0.514. The molecule has 1 atom stereocenters. The zero-order chi connectivity index (χ0) is 14.3. The molecule has 0 amide bonds. The Balaban J connectivity index is 4.34. The molecule has 0 saturated heterocycles. The molecule has 0 spiro atoms. The molecule has 0 fully saturated rings. The van der Waals surface area contributed by atoms with Crippen molar-refractivity contribution in [3.8, 4) is 0 Å². The van der Waals surface area contributed by atoms with Crippen LogP contribution >= 0.6 is 0 Å². The summed E-state index contributed by atoms with van der Waals surface area (Å²) in [5, 5.41) is 0. The summed E-state index contributed by atoms with van der Waals surface area (Å²) in [7, 11) is 0. The Morgan fingerprint density at radius 3 is 2.28 bits per heavy atom. The minimum absolute atomic E-state index is 0.0303. The molecule has 0 aliphatic heterocycles. The van der Waals surface area contributed by atoms with E-state index in [2.05, 4.69) is 26.8 Å². The second-order valence-electron chi connectivity index (χ2n) is 5.69. The van der Waals surface area contributed by atoms with Crippen LogP contribution in [0.4, 0.5) is 0 Å². The molecule has 0 aliphatic carbocycles. The summed E-state index contributed by atoms with van der Waals surface area (Å²) >= 11 is 0. The molecule has 0 aromatic carbocycles. The van der Waals surface area contributed by atoms with Gasteiger partial charge in [0.05, 0.1) is 11.7 Å². The summed E-state index contributed by atoms with van der Waals surface area (Å²) in [6.07, 6.45) is 2.62. The van der Waals surface area contributed by atoms with Gasteiger partial charge >= 0.3 is 5.97 Å². The minimum Gasteiger partial charge on any atom is -0.463 e. The molecule has 0 aromatic rings. The van der Waals surface area contributed by atoms with Crippen LogP contribution in [0.25, 0.3) is 0 Å². The molecule has 3 heteroatoms. The van der Waals surface area contributed by atoms with Gasteiger partial charge in [-0.3, -0.25) is 4.79 Å². The van der Waals surface area contributed by atoms with Crippen LogP contribution < -0.4 is 0 Å². The molecule has 106 valence electrons. The average molecular weight is 256 g/mol. The molecule has 0 radical (unpaired) electrons. The first-order chi connectivity index (χ1) is 8.18. The monoisotopic (exact) mass is 256 g/mol. The van der Waals surface area contributed by atoms with Crippen molar-refractivity contribution in [2.24, 2.45) is 5.92 Å². The third-order valence-corrected chi connectivity index (χ3v) is 2.60. The van der Waals surface area contributed by atoms with E-state index >= 15 is 0 Å². The number of esters is 1. The average Bonchev–Trinajstić information content (AvgIpc) is 2.24. The van der Waals surface area contributed by atoms with Crippen molar-refractivity contribution in [1.29, 1.82) is 0 Å². The van der Waals surface area contributed by atoms with E-state index in [1.807, 2.05) is 20.8 Å². The summed E-state index contributed by atoms with van der Waals surface area (Å²) in [6, 6.07) is 0. The summed E-state index contributed by atoms with van der Waals surface area (Å²) in [5.41, 5.74) is 0.746. The fourth-order valence-corrected chi connectivity index (χ4v) is 1.62. The lowest BCUT2D eigenvalue weighted by Gasteiger charge is -2.29. The van der Waals surface area contributed by atoms with E-state index in [0.717, 1.165) is 0 Å². The van der Waals surface area contributed by atoms with Crippen LogP contribution in [0, 0.1) is 5.92 Å². The van der Waals surface area contributed by atoms with Crippen molar-refractivity contribution in [3.63, 3.8) is 0 Å². The van der Waals surface area contributed by atoms with Crippen LogP contribution in [0.2, 0.25) is 0 Å². The topological polar surface area (TPSA) is 35.5 Å². The van der Waals surface area contributed by atoms with Crippen LogP contribution in [-0.2, 0) is 14.3 Å². The van der Waals surface area contributed by atoms with Gasteiger partial charge in [0.15, 0.2) is 0 Å². The van der Waals surface area contributed by atoms with Gasteiger partial charge in [0, 0.05) is 6.42 Å². The van der Waals surface area contributed by atoms with Gasteiger partial charge in [0.1, 0.15) is 6.61 Å². The maximum Gasteiger partial charge on any atom is 0.305 e. The van der Waals surface area contributed by atoms with Crippen LogP contribution in [0.3, 0.4) is 0 Å². The SMILES string of the molecule is CCC(=O)OCC(C)(C)OC(C)C(C)=CC(C)C. The van der Waals surface area contributed by atoms with Gasteiger partial charge in [0.25, 0.3) is 0 Å². The molecular formula is C15H28O3. The van der Waals surface area contributed by atoms with Gasteiger partial charge in [0.2, 0.25) is 0 Å². The van der Waals surface area contributed by atoms with E-state index in [1.54, 1.807) is 6.92 Å². The van der Waals surface area contributed by atoms with E-state index in [1.165, 1.54) is 5.57 Å². The predicted octanol–water partition coefficient (Wildman–Crippen LogP) is 3.73. The van der Waals surface area contributed by atoms with Crippen molar-refractivity contribution >= 4 is 5.97 Å². The molecule has 0 bridgehead atoms. The summed E-state index contributed by atoms with van der Waals surface area (Å²) < 4.78 is 11.1. The Morgan fingerprint density at radius 1 is 1.28 bits per heavy atom. The third kappa shape index (κ3) is 7.49. The van der Waals surface area contributed by atoms with E-state index in [9.17, 15) is 4.79 Å². The minimum atomic E-state index is -0.462. The van der Waals surface area contributed by atoms with Gasteiger partial charge in [-0.2, -0.15) is 0 Å². The van der Waals surface area contributed by atoms with Crippen molar-refractivity contribution in [1.82, 2.24) is 0 Å². The highest BCUT2D eigenvalue weighted by Crippen LogP contribution is 2.18. The first-order valence-corrected chi connectivity index (χ1v) is 6.69. The summed E-state index contributed by atoms with van der Waals surface area (Å²) in [4.78, 5) is 11.1.